The summed E-state index contributed by atoms with van der Waals surface area (Å²) in [5.74, 6) is 0. The minimum atomic E-state index is -0.616. The summed E-state index contributed by atoms with van der Waals surface area (Å²) >= 11 is 0. The van der Waals surface area contributed by atoms with Crippen LogP contribution in [0.2, 0.25) is 0 Å². The van der Waals surface area contributed by atoms with Crippen LogP contribution >= 0.6 is 0 Å². The van der Waals surface area contributed by atoms with Crippen LogP contribution in [0.1, 0.15) is 6.92 Å². The summed E-state index contributed by atoms with van der Waals surface area (Å²) in [6.07, 6.45) is -0.616. The van der Waals surface area contributed by atoms with Gasteiger partial charge in [0.2, 0.25) is 0 Å². The van der Waals surface area contributed by atoms with Crippen molar-refractivity contribution in [1.29, 1.82) is 0 Å². The molecule has 0 saturated heterocycles. The maximum atomic E-state index is 9.78. The van der Waals surface area contributed by atoms with Crippen LogP contribution in [-0.2, 0) is 26.2 Å². The molecular weight excluding hydrogens is 228 g/mol. The van der Waals surface area contributed by atoms with Gasteiger partial charge in [-0.3, -0.25) is 0 Å². The molecule has 0 amide bonds. The van der Waals surface area contributed by atoms with Crippen molar-refractivity contribution in [1.82, 2.24) is 5.32 Å². The number of nitrogens with one attached hydrogen (secondary N) is 1. The van der Waals surface area contributed by atoms with E-state index in [1.165, 1.54) is 0 Å². The molecule has 1 atom stereocenters. The molecule has 49 valence electrons. The monoisotopic (exact) mass is 234 g/mol. The molecule has 0 aliphatic heterocycles. The quantitative estimate of drug-likeness (QED) is 0.459. The number of rotatable bonds is 1. The van der Waals surface area contributed by atoms with Crippen molar-refractivity contribution in [3.05, 3.63) is 0 Å². The molecule has 5 heteroatoms. The van der Waals surface area contributed by atoms with Gasteiger partial charge >= 0.3 is 26.2 Å². The Kier molecular flexibility index (Phi) is 44.9. The summed E-state index contributed by atoms with van der Waals surface area (Å²) in [4.78, 5) is 0. The van der Waals surface area contributed by atoms with Gasteiger partial charge in [-0.05, 0) is 7.05 Å². The first-order valence-electron chi connectivity index (χ1n) is 1.60. The van der Waals surface area contributed by atoms with E-state index in [1.54, 1.807) is 14.0 Å². The van der Waals surface area contributed by atoms with Crippen molar-refractivity contribution in [2.45, 2.75) is 13.2 Å². The molecule has 0 spiro atoms. The summed E-state index contributed by atoms with van der Waals surface area (Å²) in [5.41, 5.74) is 0. The van der Waals surface area contributed by atoms with Gasteiger partial charge in [0.15, 0.2) is 0 Å². The van der Waals surface area contributed by atoms with Crippen molar-refractivity contribution in [2.24, 2.45) is 0 Å². The summed E-state index contributed by atoms with van der Waals surface area (Å²) in [6, 6.07) is 0. The van der Waals surface area contributed by atoms with Crippen molar-refractivity contribution < 1.29 is 56.1 Å². The zero-order chi connectivity index (χ0) is 4.28. The molecule has 0 aromatic carbocycles. The minimum absolute atomic E-state index is 0. The van der Waals surface area contributed by atoms with Gasteiger partial charge in [0.1, 0.15) is 0 Å². The van der Waals surface area contributed by atoms with Crippen LogP contribution in [0.15, 0.2) is 0 Å². The Balaban J connectivity index is -0.0000000267. The van der Waals surface area contributed by atoms with E-state index in [4.69, 9.17) is 0 Å². The first kappa shape index (κ1) is 22.8. The van der Waals surface area contributed by atoms with E-state index in [0.717, 1.165) is 0 Å². The fraction of sp³-hybridized carbons (Fsp3) is 1.00. The molecule has 0 aromatic heterocycles. The Hall–Kier alpha value is 1.38. The van der Waals surface area contributed by atoms with E-state index in [9.17, 15) is 5.11 Å². The van der Waals surface area contributed by atoms with Gasteiger partial charge in [0, 0.05) is 0 Å². The Labute approximate surface area is 81.4 Å². The first-order chi connectivity index (χ1) is 2.27. The maximum Gasteiger partial charge on any atom is 3.00 e. The van der Waals surface area contributed by atoms with Crippen LogP contribution in [-0.4, -0.2) is 13.3 Å². The number of hydrogen-bond acceptors (Lipinski definition) is 2. The van der Waals surface area contributed by atoms with Crippen molar-refractivity contribution in [3.63, 3.8) is 0 Å². The van der Waals surface area contributed by atoms with Crippen LogP contribution < -0.4 is 35.2 Å². The topological polar surface area (TPSA) is 35.1 Å². The zero-order valence-electron chi connectivity index (χ0n) is 4.74. The predicted octanol–water partition coefficient (Wildman–Crippen LogP) is -7.08. The molecule has 1 unspecified atom stereocenters. The molecular formula is C3H8Cl2NOZr. The largest absolute Gasteiger partial charge is 3.00 e. The third-order valence-electron chi connectivity index (χ3n) is 0.407. The van der Waals surface area contributed by atoms with Crippen LogP contribution in [0.25, 0.3) is 0 Å². The minimum Gasteiger partial charge on any atom is -1.00 e. The van der Waals surface area contributed by atoms with Crippen molar-refractivity contribution >= 4 is 0 Å². The second kappa shape index (κ2) is 15.8. The maximum absolute atomic E-state index is 9.78. The number of hydrogen-bond donors (Lipinski definition) is 1. The molecule has 0 heterocycles. The Morgan fingerprint density at radius 3 is 1.50 bits per heavy atom. The molecule has 1 N–H and O–H groups in total. The summed E-state index contributed by atoms with van der Waals surface area (Å²) in [6.45, 7) is 1.56. The average Bonchev–Trinajstić information content (AvgIpc) is 1.38. The van der Waals surface area contributed by atoms with Crippen LogP contribution in [0.4, 0.5) is 0 Å². The Bertz CT molecular complexity index is 31.2. The van der Waals surface area contributed by atoms with Gasteiger partial charge in [-0.2, -0.15) is 0 Å². The van der Waals surface area contributed by atoms with Gasteiger partial charge in [-0.25, -0.2) is 0 Å². The van der Waals surface area contributed by atoms with Gasteiger partial charge in [0.25, 0.3) is 0 Å². The van der Waals surface area contributed by atoms with Crippen LogP contribution in [0.3, 0.4) is 0 Å². The van der Waals surface area contributed by atoms with E-state index in [0.29, 0.717) is 0 Å². The third kappa shape index (κ3) is 26.3. The third-order valence-corrected chi connectivity index (χ3v) is 0.407. The molecule has 0 aliphatic rings. The molecule has 0 aliphatic carbocycles. The van der Waals surface area contributed by atoms with E-state index in [1.807, 2.05) is 0 Å². The fourth-order valence-corrected chi connectivity index (χ4v) is 0. The predicted molar refractivity (Wildman–Crippen MR) is 18.5 cm³/mol. The summed E-state index contributed by atoms with van der Waals surface area (Å²) in [7, 11) is 1.64. The molecule has 0 aromatic rings. The molecule has 0 bridgehead atoms. The zero-order valence-corrected chi connectivity index (χ0v) is 8.71. The average molecular weight is 236 g/mol. The van der Waals surface area contributed by atoms with E-state index in [-0.39, 0.29) is 51.0 Å². The Morgan fingerprint density at radius 1 is 1.38 bits per heavy atom. The molecule has 1 radical (unpaired) electrons. The van der Waals surface area contributed by atoms with Crippen LogP contribution in [0.5, 0.6) is 0 Å². The smallest absolute Gasteiger partial charge is 1.00 e. The fourth-order valence-electron chi connectivity index (χ4n) is 0. The molecule has 0 rings (SSSR count). The molecule has 2 nitrogen and oxygen atoms in total. The first-order valence-corrected chi connectivity index (χ1v) is 1.60. The van der Waals surface area contributed by atoms with Crippen LogP contribution in [0, 0.1) is 0 Å². The van der Waals surface area contributed by atoms with E-state index < -0.39 is 6.23 Å². The second-order valence-corrected chi connectivity index (χ2v) is 0.931. The second-order valence-electron chi connectivity index (χ2n) is 0.931. The molecule has 8 heavy (non-hydrogen) atoms. The summed E-state index contributed by atoms with van der Waals surface area (Å²) < 4.78 is 0. The van der Waals surface area contributed by atoms with Crippen molar-refractivity contribution in [2.75, 3.05) is 7.05 Å². The van der Waals surface area contributed by atoms with Gasteiger partial charge in [-0.1, -0.05) is 13.2 Å². The van der Waals surface area contributed by atoms with Gasteiger partial charge < -0.3 is 35.2 Å². The normalized spacial score (nSPS) is 9.38. The standard InChI is InChI=1S/C3H8NO.2ClH.Zr/c1-3(5)4-2;;;/h3-4H,1-2H3;2*1H;/q-1;;;+3/p-2. The Morgan fingerprint density at radius 2 is 1.50 bits per heavy atom. The molecule has 0 saturated carbocycles. The molecule has 0 fully saturated rings. The SMILES string of the molecule is CNC(C)[O-].[Cl-].[Cl-].[Zr+3]. The van der Waals surface area contributed by atoms with E-state index in [2.05, 4.69) is 5.32 Å². The van der Waals surface area contributed by atoms with E-state index >= 15 is 0 Å². The number of halogens is 2. The van der Waals surface area contributed by atoms with Crippen molar-refractivity contribution in [3.8, 4) is 0 Å². The summed E-state index contributed by atoms with van der Waals surface area (Å²) in [5, 5.41) is 12.3. The van der Waals surface area contributed by atoms with Gasteiger partial charge in [-0.15, -0.1) is 0 Å². The van der Waals surface area contributed by atoms with Gasteiger partial charge in [0.05, 0.1) is 0 Å².